The lowest BCUT2D eigenvalue weighted by Gasteiger charge is -2.07. The van der Waals surface area contributed by atoms with Gasteiger partial charge in [-0.1, -0.05) is 32.6 Å². The van der Waals surface area contributed by atoms with E-state index in [1.165, 1.54) is 25.7 Å². The molecule has 0 fully saturated rings. The van der Waals surface area contributed by atoms with E-state index in [1.807, 2.05) is 41.8 Å². The average Bonchev–Trinajstić information content (AvgIpc) is 3.15. The van der Waals surface area contributed by atoms with Crippen LogP contribution in [0.4, 0.5) is 10.8 Å². The summed E-state index contributed by atoms with van der Waals surface area (Å²) in [6.45, 7) is 3.02. The molecule has 1 N–H and O–H groups in total. The molecule has 0 radical (unpaired) electrons. The van der Waals surface area contributed by atoms with Gasteiger partial charge in [0, 0.05) is 29.0 Å². The lowest BCUT2D eigenvalue weighted by molar-refractivity contribution is 0.304. The van der Waals surface area contributed by atoms with E-state index < -0.39 is 0 Å². The quantitative estimate of drug-likeness (QED) is 0.427. The van der Waals surface area contributed by atoms with Crippen LogP contribution in [-0.2, 0) is 0 Å². The summed E-state index contributed by atoms with van der Waals surface area (Å²) >= 11 is 1.59. The zero-order valence-corrected chi connectivity index (χ0v) is 16.0. The molecule has 3 rings (SSSR count). The normalized spacial score (nSPS) is 10.7. The maximum atomic E-state index is 5.81. The topological polar surface area (TPSA) is 47.0 Å². The van der Waals surface area contributed by atoms with Gasteiger partial charge >= 0.3 is 0 Å². The summed E-state index contributed by atoms with van der Waals surface area (Å²) in [5.41, 5.74) is 3.05. The van der Waals surface area contributed by atoms with Crippen LogP contribution < -0.4 is 10.1 Å². The minimum atomic E-state index is 0.790. The number of rotatable bonds is 10. The van der Waals surface area contributed by atoms with E-state index in [0.29, 0.717) is 0 Å². The number of anilines is 2. The monoisotopic (exact) mass is 367 g/mol. The van der Waals surface area contributed by atoms with E-state index in [4.69, 9.17) is 4.74 Å². The van der Waals surface area contributed by atoms with Gasteiger partial charge < -0.3 is 10.1 Å². The molecule has 0 bridgehead atoms. The molecule has 136 valence electrons. The van der Waals surface area contributed by atoms with Crippen molar-refractivity contribution in [1.82, 2.24) is 9.97 Å². The molecule has 0 saturated carbocycles. The fourth-order valence-corrected chi connectivity index (χ4v) is 3.38. The Morgan fingerprint density at radius 2 is 1.73 bits per heavy atom. The maximum Gasteiger partial charge on any atom is 0.187 e. The van der Waals surface area contributed by atoms with Gasteiger partial charge in [0.2, 0.25) is 0 Å². The zero-order chi connectivity index (χ0) is 18.0. The standard InChI is InChI=1S/C21H25N3OS/c1-2-3-4-5-6-15-25-19-9-7-18(8-10-19)23-21-24-20(16-26-21)17-11-13-22-14-12-17/h7-14,16H,2-6,15H2,1H3,(H,23,24). The van der Waals surface area contributed by atoms with Gasteiger partial charge in [-0.15, -0.1) is 11.3 Å². The van der Waals surface area contributed by atoms with Crippen LogP contribution in [0, 0.1) is 0 Å². The van der Waals surface area contributed by atoms with Crippen molar-refractivity contribution in [1.29, 1.82) is 0 Å². The number of thiazole rings is 1. The highest BCUT2D eigenvalue weighted by Gasteiger charge is 2.05. The molecular formula is C21H25N3OS. The van der Waals surface area contributed by atoms with Crippen LogP contribution in [0.25, 0.3) is 11.3 Å². The van der Waals surface area contributed by atoms with Crippen LogP contribution in [0.15, 0.2) is 54.2 Å². The van der Waals surface area contributed by atoms with E-state index in [-0.39, 0.29) is 0 Å². The number of hydrogen-bond acceptors (Lipinski definition) is 5. The average molecular weight is 368 g/mol. The van der Waals surface area contributed by atoms with Gasteiger partial charge in [0.1, 0.15) is 5.75 Å². The predicted molar refractivity (Wildman–Crippen MR) is 109 cm³/mol. The molecule has 2 aromatic heterocycles. The zero-order valence-electron chi connectivity index (χ0n) is 15.1. The fourth-order valence-electron chi connectivity index (χ4n) is 2.64. The first-order valence-corrected chi connectivity index (χ1v) is 10.1. The van der Waals surface area contributed by atoms with Gasteiger partial charge in [-0.2, -0.15) is 0 Å². The molecule has 0 aliphatic rings. The molecule has 4 nitrogen and oxygen atoms in total. The third kappa shape index (κ3) is 5.56. The summed E-state index contributed by atoms with van der Waals surface area (Å²) in [5, 5.41) is 6.27. The van der Waals surface area contributed by atoms with Crippen LogP contribution in [0.1, 0.15) is 39.0 Å². The Morgan fingerprint density at radius 1 is 0.962 bits per heavy atom. The second-order valence-electron chi connectivity index (χ2n) is 6.19. The summed E-state index contributed by atoms with van der Waals surface area (Å²) in [4.78, 5) is 8.67. The summed E-state index contributed by atoms with van der Waals surface area (Å²) in [6.07, 6.45) is 9.83. The van der Waals surface area contributed by atoms with Crippen LogP contribution in [0.2, 0.25) is 0 Å². The highest BCUT2D eigenvalue weighted by Crippen LogP contribution is 2.27. The van der Waals surface area contributed by atoms with E-state index in [9.17, 15) is 0 Å². The van der Waals surface area contributed by atoms with Crippen molar-refractivity contribution < 1.29 is 4.74 Å². The summed E-state index contributed by atoms with van der Waals surface area (Å²) in [7, 11) is 0. The van der Waals surface area contributed by atoms with Crippen LogP contribution >= 0.6 is 11.3 Å². The second kappa shape index (κ2) is 9.92. The Hall–Kier alpha value is -2.40. The predicted octanol–water partition coefficient (Wildman–Crippen LogP) is 6.30. The minimum Gasteiger partial charge on any atom is -0.494 e. The Bertz CT molecular complexity index is 771. The number of ether oxygens (including phenoxy) is 1. The molecule has 0 amide bonds. The molecule has 0 spiro atoms. The van der Waals surface area contributed by atoms with Crippen molar-refractivity contribution in [2.24, 2.45) is 0 Å². The van der Waals surface area contributed by atoms with Crippen molar-refractivity contribution in [3.8, 4) is 17.0 Å². The molecule has 0 unspecified atom stereocenters. The Kier molecular flexibility index (Phi) is 7.02. The lowest BCUT2D eigenvalue weighted by atomic mass is 10.2. The van der Waals surface area contributed by atoms with Crippen LogP contribution in [0.3, 0.4) is 0 Å². The first kappa shape index (κ1) is 18.4. The largest absolute Gasteiger partial charge is 0.494 e. The number of pyridine rings is 1. The molecule has 3 aromatic rings. The van der Waals surface area contributed by atoms with Crippen LogP contribution in [-0.4, -0.2) is 16.6 Å². The second-order valence-corrected chi connectivity index (χ2v) is 7.04. The van der Waals surface area contributed by atoms with Crippen molar-refractivity contribution in [2.45, 2.75) is 39.0 Å². The number of nitrogens with one attached hydrogen (secondary N) is 1. The SMILES string of the molecule is CCCCCCCOc1ccc(Nc2nc(-c3ccncc3)cs2)cc1. The summed E-state index contributed by atoms with van der Waals surface area (Å²) in [6, 6.07) is 12.0. The van der Waals surface area contributed by atoms with Crippen molar-refractivity contribution in [3.05, 3.63) is 54.2 Å². The molecule has 0 aliphatic heterocycles. The third-order valence-corrected chi connectivity index (χ3v) is 4.86. The third-order valence-electron chi connectivity index (χ3n) is 4.10. The molecule has 5 heteroatoms. The number of nitrogens with zero attached hydrogens (tertiary/aromatic N) is 2. The van der Waals surface area contributed by atoms with E-state index in [2.05, 4.69) is 22.2 Å². The van der Waals surface area contributed by atoms with Crippen LogP contribution in [0.5, 0.6) is 5.75 Å². The van der Waals surface area contributed by atoms with Gasteiger partial charge in [-0.3, -0.25) is 4.98 Å². The first-order valence-electron chi connectivity index (χ1n) is 9.21. The molecule has 0 atom stereocenters. The molecular weight excluding hydrogens is 342 g/mol. The van der Waals surface area contributed by atoms with Gasteiger partial charge in [0.15, 0.2) is 5.13 Å². The highest BCUT2D eigenvalue weighted by atomic mass is 32.1. The van der Waals surface area contributed by atoms with E-state index in [1.54, 1.807) is 23.7 Å². The Balaban J connectivity index is 1.48. The number of benzene rings is 1. The van der Waals surface area contributed by atoms with Crippen molar-refractivity contribution in [3.63, 3.8) is 0 Å². The van der Waals surface area contributed by atoms with Gasteiger partial charge in [0.05, 0.1) is 12.3 Å². The highest BCUT2D eigenvalue weighted by molar-refractivity contribution is 7.14. The molecule has 0 aliphatic carbocycles. The first-order chi connectivity index (χ1) is 12.8. The van der Waals surface area contributed by atoms with Gasteiger partial charge in [0.25, 0.3) is 0 Å². The number of unbranched alkanes of at least 4 members (excludes halogenated alkanes) is 4. The number of hydrogen-bond donors (Lipinski definition) is 1. The Labute approximate surface area is 159 Å². The minimum absolute atomic E-state index is 0.790. The molecule has 2 heterocycles. The Morgan fingerprint density at radius 3 is 2.50 bits per heavy atom. The van der Waals surface area contributed by atoms with Gasteiger partial charge in [-0.05, 0) is 42.8 Å². The molecule has 1 aromatic carbocycles. The van der Waals surface area contributed by atoms with Crippen molar-refractivity contribution >= 4 is 22.2 Å². The fraction of sp³-hybridized carbons (Fsp3) is 0.333. The molecule has 26 heavy (non-hydrogen) atoms. The smallest absolute Gasteiger partial charge is 0.187 e. The summed E-state index contributed by atoms with van der Waals surface area (Å²) in [5.74, 6) is 0.919. The van der Waals surface area contributed by atoms with E-state index >= 15 is 0 Å². The molecule has 0 saturated heterocycles. The van der Waals surface area contributed by atoms with Crippen molar-refractivity contribution in [2.75, 3.05) is 11.9 Å². The van der Waals surface area contributed by atoms with Gasteiger partial charge in [-0.25, -0.2) is 4.98 Å². The maximum absolute atomic E-state index is 5.81. The van der Waals surface area contributed by atoms with E-state index in [0.717, 1.165) is 40.9 Å². The summed E-state index contributed by atoms with van der Waals surface area (Å²) < 4.78 is 5.81. The lowest BCUT2D eigenvalue weighted by Crippen LogP contribution is -1.97. The number of aromatic nitrogens is 2.